The van der Waals surface area contributed by atoms with Gasteiger partial charge in [-0.3, -0.25) is 9.59 Å². The van der Waals surface area contributed by atoms with Crippen molar-refractivity contribution in [1.29, 1.82) is 0 Å². The molecule has 1 spiro atoms. The highest BCUT2D eigenvalue weighted by atomic mass is 16.7. The van der Waals surface area contributed by atoms with Gasteiger partial charge in [0, 0.05) is 59.1 Å². The molecule has 0 radical (unpaired) electrons. The lowest BCUT2D eigenvalue weighted by Crippen LogP contribution is -2.75. The van der Waals surface area contributed by atoms with E-state index in [0.29, 0.717) is 52.7 Å². The number of aliphatic carboxylic acids is 1. The van der Waals surface area contributed by atoms with Crippen molar-refractivity contribution in [2.24, 2.45) is 22.8 Å². The van der Waals surface area contributed by atoms with Gasteiger partial charge < -0.3 is 95.0 Å². The van der Waals surface area contributed by atoms with E-state index in [0.717, 1.165) is 10.9 Å². The summed E-state index contributed by atoms with van der Waals surface area (Å²) in [6.45, 7) is -1.34. The summed E-state index contributed by atoms with van der Waals surface area (Å²) in [5.41, 5.74) is 12.9. The highest BCUT2D eigenvalue weighted by molar-refractivity contribution is 5.90. The molecule has 7 heterocycles. The van der Waals surface area contributed by atoms with Gasteiger partial charge in [-0.1, -0.05) is 48.2 Å². The number of ether oxygens (including phenoxy) is 7. The smallest absolute Gasteiger partial charge is 0.317 e. The maximum absolute atomic E-state index is 13.6. The number of hydrogen-bond donors (Lipinski definition) is 11. The first-order valence-electron chi connectivity index (χ1n) is 25.2. The van der Waals surface area contributed by atoms with E-state index >= 15 is 0 Å². The van der Waals surface area contributed by atoms with Crippen LogP contribution in [-0.4, -0.2) is 137 Å². The van der Waals surface area contributed by atoms with E-state index in [2.05, 4.69) is 16.8 Å². The number of nitrogens with zero attached hydrogens (tertiary/aromatic N) is 1. The Morgan fingerprint density at radius 2 is 1.80 bits per heavy atom. The van der Waals surface area contributed by atoms with Gasteiger partial charge in [-0.05, 0) is 67.7 Å². The Bertz CT molecular complexity index is 3040. The molecule has 5 aromatic rings. The Morgan fingerprint density at radius 1 is 0.987 bits per heavy atom. The number of aromatic amines is 1. The van der Waals surface area contributed by atoms with Crippen molar-refractivity contribution < 1.29 is 83.6 Å². The molecule has 21 heteroatoms. The topological polar surface area (TPSA) is 333 Å². The third kappa shape index (κ3) is 8.53. The normalized spacial score (nSPS) is 30.5. The summed E-state index contributed by atoms with van der Waals surface area (Å²) < 4.78 is 47.3. The van der Waals surface area contributed by atoms with Crippen molar-refractivity contribution in [2.75, 3.05) is 20.0 Å². The summed E-state index contributed by atoms with van der Waals surface area (Å²) in [6.07, 6.45) is -9.27. The molecule has 5 aliphatic heterocycles. The van der Waals surface area contributed by atoms with Crippen LogP contribution in [0.1, 0.15) is 90.0 Å². The number of nitrogens with two attached hydrogens (primary N) is 2. The molecule has 1 saturated carbocycles. The lowest BCUT2D eigenvalue weighted by molar-refractivity contribution is -0.356. The van der Waals surface area contributed by atoms with E-state index in [9.17, 15) is 50.4 Å². The first kappa shape index (κ1) is 50.7. The number of carboxylic acids is 1. The second-order valence-corrected chi connectivity index (χ2v) is 20.5. The van der Waals surface area contributed by atoms with Crippen LogP contribution in [0.4, 0.5) is 0 Å². The average molecular weight is 1040 g/mol. The fourth-order valence-electron chi connectivity index (χ4n) is 12.9. The third-order valence-corrected chi connectivity index (χ3v) is 16.2. The number of rotatable bonds is 14. The molecule has 2 aromatic heterocycles. The molecule has 4 bridgehead atoms. The molecule has 11 rings (SSSR count). The van der Waals surface area contributed by atoms with Gasteiger partial charge >= 0.3 is 11.9 Å². The molecule has 2 fully saturated rings. The molecule has 1 saturated heterocycles. The SMILES string of the molecule is NC(N)[C@H](OC(=O)CC(=O)O)[C@H]1O[C@H]2Oc3cc4c(c(Cn5cc6cc[nH]c6c5CO)c3C[C@]3(CC[C@@H](CCCO)C3)[C@@]2(O)[C@@H](O)[C@@H]1O)[C@@H]1Oc2c3ccc(OCO)c2OC[C@H](O)C#C[C@H](c2ccccc2)[C@H](O4)[C@@H]31. The average Bonchev–Trinajstić information content (AvgIpc) is 4.19. The number of fused-ring (bicyclic) bond motifs is 6. The molecular formula is C54H60N4O17. The molecule has 6 aliphatic rings. The van der Waals surface area contributed by atoms with E-state index < -0.39 is 103 Å². The minimum Gasteiger partial charge on any atom is -0.487 e. The second kappa shape index (κ2) is 19.9. The van der Waals surface area contributed by atoms with Crippen molar-refractivity contribution in [3.63, 3.8) is 0 Å². The Labute approximate surface area is 429 Å². The van der Waals surface area contributed by atoms with Gasteiger partial charge in [0.15, 0.2) is 30.0 Å². The second-order valence-electron chi connectivity index (χ2n) is 20.5. The first-order chi connectivity index (χ1) is 36.2. The Kier molecular flexibility index (Phi) is 13.5. The molecule has 3 aromatic carbocycles. The largest absolute Gasteiger partial charge is 0.487 e. The Morgan fingerprint density at radius 3 is 2.55 bits per heavy atom. The van der Waals surface area contributed by atoms with Crippen LogP contribution in [0.3, 0.4) is 0 Å². The van der Waals surface area contributed by atoms with Crippen molar-refractivity contribution in [3.8, 4) is 40.6 Å². The van der Waals surface area contributed by atoms with E-state index in [1.54, 1.807) is 18.3 Å². The van der Waals surface area contributed by atoms with Crippen molar-refractivity contribution in [3.05, 3.63) is 101 Å². The number of H-pyrrole nitrogens is 1. The monoisotopic (exact) mass is 1040 g/mol. The van der Waals surface area contributed by atoms with Crippen LogP contribution in [0.25, 0.3) is 10.9 Å². The van der Waals surface area contributed by atoms with Gasteiger partial charge in [0.2, 0.25) is 12.0 Å². The van der Waals surface area contributed by atoms with E-state index in [1.165, 1.54) is 0 Å². The number of aliphatic hydroxyl groups excluding tert-OH is 6. The zero-order chi connectivity index (χ0) is 52.5. The molecule has 1 aliphatic carbocycles. The third-order valence-electron chi connectivity index (χ3n) is 16.2. The maximum atomic E-state index is 13.6. The van der Waals surface area contributed by atoms with E-state index in [1.807, 2.05) is 53.2 Å². The van der Waals surface area contributed by atoms with Crippen molar-refractivity contribution in [2.45, 2.75) is 131 Å². The molecule has 0 unspecified atom stereocenters. The van der Waals surface area contributed by atoms with Crippen LogP contribution in [0.15, 0.2) is 67.0 Å². The van der Waals surface area contributed by atoms with Gasteiger partial charge in [0.1, 0.15) is 61.2 Å². The number of aliphatic hydroxyl groups is 7. The number of nitrogens with one attached hydrogen (secondary N) is 1. The summed E-state index contributed by atoms with van der Waals surface area (Å²) in [7, 11) is 0. The summed E-state index contributed by atoms with van der Waals surface area (Å²) in [5, 5.41) is 90.7. The number of carbonyl (C=O) groups excluding carboxylic acids is 1. The molecule has 0 amide bonds. The molecule has 21 nitrogen and oxygen atoms in total. The summed E-state index contributed by atoms with van der Waals surface area (Å²) in [5.74, 6) is 3.07. The fraction of sp³-hybridized carbons (Fsp3) is 0.481. The van der Waals surface area contributed by atoms with Gasteiger partial charge in [-0.15, -0.1) is 0 Å². The zero-order valence-electron chi connectivity index (χ0n) is 40.6. The van der Waals surface area contributed by atoms with Gasteiger partial charge in [0.25, 0.3) is 0 Å². The van der Waals surface area contributed by atoms with Gasteiger partial charge in [-0.25, -0.2) is 0 Å². The predicted octanol–water partition coefficient (Wildman–Crippen LogP) is 1.66. The minimum atomic E-state index is -2.42. The summed E-state index contributed by atoms with van der Waals surface area (Å²) in [6, 6.07) is 16.5. The van der Waals surface area contributed by atoms with E-state index in [4.69, 9.17) is 44.6 Å². The van der Waals surface area contributed by atoms with Crippen LogP contribution >= 0.6 is 0 Å². The number of benzene rings is 3. The van der Waals surface area contributed by atoms with E-state index in [-0.39, 0.29) is 80.3 Å². The highest BCUT2D eigenvalue weighted by Crippen LogP contribution is 2.64. The van der Waals surface area contributed by atoms with Crippen molar-refractivity contribution >= 4 is 22.8 Å². The Balaban J connectivity index is 1.15. The fourth-order valence-corrected chi connectivity index (χ4v) is 12.9. The van der Waals surface area contributed by atoms with Gasteiger partial charge in [-0.2, -0.15) is 0 Å². The van der Waals surface area contributed by atoms with Crippen LogP contribution in [0, 0.1) is 23.2 Å². The molecular weight excluding hydrogens is 977 g/mol. The van der Waals surface area contributed by atoms with Crippen molar-refractivity contribution in [1.82, 2.24) is 9.55 Å². The lowest BCUT2D eigenvalue weighted by atomic mass is 9.61. The number of esters is 1. The number of aromatic nitrogens is 2. The quantitative estimate of drug-likeness (QED) is 0.0326. The molecule has 13 atom stereocenters. The lowest BCUT2D eigenvalue weighted by Gasteiger charge is -2.55. The van der Waals surface area contributed by atoms with Crippen LogP contribution < -0.4 is 35.2 Å². The molecule has 13 N–H and O–H groups in total. The number of carbonyl (C=O) groups is 2. The van der Waals surface area contributed by atoms with Gasteiger partial charge in [0.05, 0.1) is 35.8 Å². The summed E-state index contributed by atoms with van der Waals surface area (Å²) >= 11 is 0. The first-order valence-corrected chi connectivity index (χ1v) is 25.2. The number of hydrogen-bond acceptors (Lipinski definition) is 18. The minimum absolute atomic E-state index is 0.0129. The van der Waals surface area contributed by atoms with Crippen LogP contribution in [-0.2, 0) is 38.6 Å². The highest BCUT2D eigenvalue weighted by Gasteiger charge is 2.70. The molecule has 398 valence electrons. The standard InChI is InChI=1S/C54H60N4O17/c55-51(56)49(73-39(65)18-38(63)64)48-43(66)50(67)54(68)52(75-48)72-36-17-37-40(33(22-58-21-28-13-15-57-42(28)34(58)23-60)32(36)20-53(54)14-12-26(19-53)5-4-16-59)47-41-31-10-11-35(70-25-61)46(45(31)74-47)69-24-29(62)8-9-30(44(41)71-37)27-6-2-1-3-7-27/h1-3,6-7,10-11,13,15,17,21,26,29-30,41,43-44,47-52,57,59-62,66-68H,4-5,12,14,16,18-20,22-25,55-56H2,(H,63,64)/t26-,29-,30-,41-,43-,44+,47+,48+,49-,50+,52-,53-,54-/m1/s1. The molecule has 75 heavy (non-hydrogen) atoms. The van der Waals surface area contributed by atoms with Crippen LogP contribution in [0.2, 0.25) is 0 Å². The Hall–Kier alpha value is -6.42. The zero-order valence-corrected chi connectivity index (χ0v) is 40.6. The predicted molar refractivity (Wildman–Crippen MR) is 261 cm³/mol. The van der Waals surface area contributed by atoms with Crippen LogP contribution in [0.5, 0.6) is 28.7 Å². The summed E-state index contributed by atoms with van der Waals surface area (Å²) in [4.78, 5) is 27.6. The number of carboxylic acid groups (broad SMARTS) is 1. The maximum Gasteiger partial charge on any atom is 0.317 e.